The molecule has 1 heterocycles. The number of carbonyl (C=O) groups is 2. The largest absolute Gasteiger partial charge is 0.508 e. The molecule has 0 aliphatic carbocycles. The summed E-state index contributed by atoms with van der Waals surface area (Å²) in [5.74, 6) is -2.22. The molecule has 5 nitrogen and oxygen atoms in total. The number of phenolic OH excluding ortho intramolecular Hbond substituents is 1. The maximum absolute atomic E-state index is 13.3. The Bertz CT molecular complexity index is 987. The second-order valence-electron chi connectivity index (χ2n) is 5.62. The lowest BCUT2D eigenvalue weighted by molar-refractivity contribution is -0.139. The molecule has 0 aliphatic heterocycles. The molecule has 134 valence electrons. The summed E-state index contributed by atoms with van der Waals surface area (Å²) >= 11 is 7.20. The lowest BCUT2D eigenvalue weighted by Crippen LogP contribution is -2.42. The van der Waals surface area contributed by atoms with Gasteiger partial charge in [0.05, 0.1) is 5.02 Å². The first-order valence-electron chi connectivity index (χ1n) is 7.54. The molecule has 1 atom stereocenters. The van der Waals surface area contributed by atoms with Gasteiger partial charge in [-0.05, 0) is 35.9 Å². The number of amides is 1. The fraction of sp³-hybridized carbons (Fsp3) is 0.111. The summed E-state index contributed by atoms with van der Waals surface area (Å²) in [7, 11) is 0. The van der Waals surface area contributed by atoms with Crippen molar-refractivity contribution < 1.29 is 24.2 Å². The summed E-state index contributed by atoms with van der Waals surface area (Å²) in [5.41, 5.74) is 0.639. The fourth-order valence-electron chi connectivity index (χ4n) is 2.48. The molecule has 8 heteroatoms. The van der Waals surface area contributed by atoms with Crippen LogP contribution >= 0.6 is 22.9 Å². The van der Waals surface area contributed by atoms with Gasteiger partial charge in [-0.1, -0.05) is 23.7 Å². The van der Waals surface area contributed by atoms with Crippen LogP contribution in [0.4, 0.5) is 4.39 Å². The van der Waals surface area contributed by atoms with Crippen LogP contribution in [-0.2, 0) is 11.2 Å². The molecule has 2 aromatic carbocycles. The number of thiophene rings is 1. The van der Waals surface area contributed by atoms with Gasteiger partial charge in [0.25, 0.3) is 5.91 Å². The van der Waals surface area contributed by atoms with Crippen LogP contribution < -0.4 is 5.32 Å². The number of aromatic hydroxyl groups is 1. The average molecular weight is 394 g/mol. The molecular formula is C18H13ClFNO4S. The molecule has 3 rings (SSSR count). The molecule has 26 heavy (non-hydrogen) atoms. The summed E-state index contributed by atoms with van der Waals surface area (Å²) in [6.45, 7) is 0. The van der Waals surface area contributed by atoms with Crippen molar-refractivity contribution in [2.45, 2.75) is 12.5 Å². The van der Waals surface area contributed by atoms with Crippen molar-refractivity contribution >= 4 is 44.9 Å². The Morgan fingerprint density at radius 3 is 2.54 bits per heavy atom. The SMILES string of the molecule is O=C(N[C@@H](Cc1ccc(O)cc1)C(=O)O)c1sc2cc(F)ccc2c1Cl. The number of phenols is 1. The van der Waals surface area contributed by atoms with Crippen LogP contribution in [0.5, 0.6) is 5.75 Å². The van der Waals surface area contributed by atoms with Gasteiger partial charge in [0.2, 0.25) is 0 Å². The van der Waals surface area contributed by atoms with E-state index in [1.165, 1.54) is 30.3 Å². The first-order chi connectivity index (χ1) is 12.3. The normalized spacial score (nSPS) is 12.1. The second kappa shape index (κ2) is 7.31. The monoisotopic (exact) mass is 393 g/mol. The topological polar surface area (TPSA) is 86.6 Å². The third-order valence-corrected chi connectivity index (χ3v) is 5.43. The zero-order chi connectivity index (χ0) is 18.8. The number of halogens is 2. The highest BCUT2D eigenvalue weighted by Gasteiger charge is 2.24. The van der Waals surface area contributed by atoms with Crippen LogP contribution in [0.15, 0.2) is 42.5 Å². The number of carbonyl (C=O) groups excluding carboxylic acids is 1. The maximum Gasteiger partial charge on any atom is 0.326 e. The first-order valence-corrected chi connectivity index (χ1v) is 8.73. The van der Waals surface area contributed by atoms with Crippen LogP contribution in [0.3, 0.4) is 0 Å². The van der Waals surface area contributed by atoms with E-state index >= 15 is 0 Å². The van der Waals surface area contributed by atoms with Crippen molar-refractivity contribution in [2.75, 3.05) is 0 Å². The Balaban J connectivity index is 1.83. The summed E-state index contributed by atoms with van der Waals surface area (Å²) in [6.07, 6.45) is 0.0402. The number of hydrogen-bond donors (Lipinski definition) is 3. The van der Waals surface area contributed by atoms with E-state index in [0.717, 1.165) is 11.3 Å². The Kier molecular flexibility index (Phi) is 5.11. The highest BCUT2D eigenvalue weighted by molar-refractivity contribution is 7.21. The Labute approximate surface area is 156 Å². The van der Waals surface area contributed by atoms with Gasteiger partial charge in [-0.3, -0.25) is 4.79 Å². The maximum atomic E-state index is 13.3. The van der Waals surface area contributed by atoms with E-state index < -0.39 is 23.7 Å². The summed E-state index contributed by atoms with van der Waals surface area (Å²) in [6, 6.07) is 8.84. The summed E-state index contributed by atoms with van der Waals surface area (Å²) < 4.78 is 13.8. The van der Waals surface area contributed by atoms with Crippen molar-refractivity contribution in [1.82, 2.24) is 5.32 Å². The third kappa shape index (κ3) is 3.79. The molecule has 0 saturated carbocycles. The molecular weight excluding hydrogens is 381 g/mol. The van der Waals surface area contributed by atoms with Gasteiger partial charge < -0.3 is 15.5 Å². The van der Waals surface area contributed by atoms with Crippen molar-refractivity contribution in [3.8, 4) is 5.75 Å². The number of carboxylic acid groups (broad SMARTS) is 1. The summed E-state index contributed by atoms with van der Waals surface area (Å²) in [5, 5.41) is 21.8. The van der Waals surface area contributed by atoms with E-state index in [0.29, 0.717) is 15.6 Å². The van der Waals surface area contributed by atoms with Gasteiger partial charge in [-0.2, -0.15) is 0 Å². The van der Waals surface area contributed by atoms with Crippen LogP contribution in [0.2, 0.25) is 5.02 Å². The van der Waals surface area contributed by atoms with Gasteiger partial charge in [-0.25, -0.2) is 9.18 Å². The first kappa shape index (κ1) is 18.2. The highest BCUT2D eigenvalue weighted by atomic mass is 35.5. The highest BCUT2D eigenvalue weighted by Crippen LogP contribution is 2.35. The summed E-state index contributed by atoms with van der Waals surface area (Å²) in [4.78, 5) is 24.1. The van der Waals surface area contributed by atoms with Gasteiger partial charge in [0, 0.05) is 16.5 Å². The van der Waals surface area contributed by atoms with Crippen LogP contribution in [0.25, 0.3) is 10.1 Å². The Hall–Kier alpha value is -2.64. The number of fused-ring (bicyclic) bond motifs is 1. The number of benzene rings is 2. The van der Waals surface area contributed by atoms with Crippen LogP contribution in [0, 0.1) is 5.82 Å². The fourth-order valence-corrected chi connectivity index (χ4v) is 3.92. The predicted molar refractivity (Wildman–Crippen MR) is 97.5 cm³/mol. The van der Waals surface area contributed by atoms with Gasteiger partial charge >= 0.3 is 5.97 Å². The molecule has 0 aliphatic rings. The molecule has 3 N–H and O–H groups in total. The minimum Gasteiger partial charge on any atom is -0.508 e. The predicted octanol–water partition coefficient (Wildman–Crippen LogP) is 3.83. The number of carboxylic acids is 1. The lowest BCUT2D eigenvalue weighted by atomic mass is 10.1. The smallest absolute Gasteiger partial charge is 0.326 e. The van der Waals surface area contributed by atoms with Crippen LogP contribution in [0.1, 0.15) is 15.2 Å². The van der Waals surface area contributed by atoms with Gasteiger partial charge in [0.1, 0.15) is 22.5 Å². The second-order valence-corrected chi connectivity index (χ2v) is 7.05. The standard InChI is InChI=1S/C18H13ClFNO4S/c19-15-12-6-3-10(20)8-14(12)26-16(15)17(23)21-13(18(24)25)7-9-1-4-11(22)5-2-9/h1-6,8,13,22H,7H2,(H,21,23)(H,24,25)/t13-/m0/s1. The Morgan fingerprint density at radius 2 is 1.88 bits per heavy atom. The molecule has 0 saturated heterocycles. The molecule has 1 amide bonds. The molecule has 0 radical (unpaired) electrons. The average Bonchev–Trinajstić information content (AvgIpc) is 2.92. The minimum absolute atomic E-state index is 0.0402. The van der Waals surface area contributed by atoms with E-state index in [4.69, 9.17) is 11.6 Å². The number of nitrogens with one attached hydrogen (secondary N) is 1. The van der Waals surface area contributed by atoms with Gasteiger partial charge in [0.15, 0.2) is 0 Å². The quantitative estimate of drug-likeness (QED) is 0.615. The van der Waals surface area contributed by atoms with E-state index in [2.05, 4.69) is 5.32 Å². The molecule has 0 fully saturated rings. The molecule has 3 aromatic rings. The van der Waals surface area contributed by atoms with Crippen LogP contribution in [-0.4, -0.2) is 28.1 Å². The van der Waals surface area contributed by atoms with E-state index in [1.54, 1.807) is 12.1 Å². The van der Waals surface area contributed by atoms with E-state index in [1.807, 2.05) is 0 Å². The number of rotatable bonds is 5. The van der Waals surface area contributed by atoms with E-state index in [9.17, 15) is 24.2 Å². The zero-order valence-corrected chi connectivity index (χ0v) is 14.8. The third-order valence-electron chi connectivity index (χ3n) is 3.78. The van der Waals surface area contributed by atoms with E-state index in [-0.39, 0.29) is 22.1 Å². The van der Waals surface area contributed by atoms with Crippen molar-refractivity contribution in [3.05, 3.63) is 63.7 Å². The molecule has 0 bridgehead atoms. The van der Waals surface area contributed by atoms with Gasteiger partial charge in [-0.15, -0.1) is 11.3 Å². The number of aliphatic carboxylic acids is 1. The van der Waals surface area contributed by atoms with Crippen molar-refractivity contribution in [2.24, 2.45) is 0 Å². The van der Waals surface area contributed by atoms with Crippen molar-refractivity contribution in [1.29, 1.82) is 0 Å². The number of hydrogen-bond acceptors (Lipinski definition) is 4. The Morgan fingerprint density at radius 1 is 1.19 bits per heavy atom. The van der Waals surface area contributed by atoms with Crippen molar-refractivity contribution in [3.63, 3.8) is 0 Å². The molecule has 0 unspecified atom stereocenters. The zero-order valence-electron chi connectivity index (χ0n) is 13.2. The lowest BCUT2D eigenvalue weighted by Gasteiger charge is -2.14. The molecule has 0 spiro atoms. The molecule has 1 aromatic heterocycles. The minimum atomic E-state index is -1.20.